The first-order valence-corrected chi connectivity index (χ1v) is 5.28. The van der Waals surface area contributed by atoms with E-state index in [0.717, 1.165) is 11.1 Å². The van der Waals surface area contributed by atoms with E-state index in [0.29, 0.717) is 0 Å². The number of nitrogens with two attached hydrogens (primary N) is 1. The Kier molecular flexibility index (Phi) is 2.18. The third-order valence-corrected chi connectivity index (χ3v) is 2.76. The lowest BCUT2D eigenvalue weighted by atomic mass is 9.83. The second kappa shape index (κ2) is 3.27. The summed E-state index contributed by atoms with van der Waals surface area (Å²) in [6, 6.07) is 12.5. The summed E-state index contributed by atoms with van der Waals surface area (Å²) in [6.45, 7) is 6.68. The van der Waals surface area contributed by atoms with Crippen LogP contribution in [0.2, 0.25) is 0 Å². The molecule has 0 heterocycles. The molecule has 0 fully saturated rings. The van der Waals surface area contributed by atoms with E-state index in [-0.39, 0.29) is 5.41 Å². The van der Waals surface area contributed by atoms with Gasteiger partial charge in [0.2, 0.25) is 0 Å². The number of benzene rings is 2. The molecule has 1 nitrogen and oxygen atoms in total. The molecule has 78 valence electrons. The van der Waals surface area contributed by atoms with Crippen molar-refractivity contribution in [3.8, 4) is 0 Å². The predicted octanol–water partition coefficient (Wildman–Crippen LogP) is 3.72. The molecule has 0 unspecified atom stereocenters. The minimum Gasteiger partial charge on any atom is -0.398 e. The minimum absolute atomic E-state index is 0.160. The largest absolute Gasteiger partial charge is 0.398 e. The smallest absolute Gasteiger partial charge is 0.0393 e. The normalized spacial score (nSPS) is 11.9. The summed E-state index contributed by atoms with van der Waals surface area (Å²) in [6.07, 6.45) is 0. The Hall–Kier alpha value is -1.50. The molecule has 0 amide bonds. The first-order chi connectivity index (χ1) is 7.00. The zero-order chi connectivity index (χ0) is 11.1. The van der Waals surface area contributed by atoms with E-state index in [1.807, 2.05) is 12.1 Å². The number of nitrogen functional groups attached to an aromatic ring is 1. The Morgan fingerprint density at radius 3 is 2.13 bits per heavy atom. The molecule has 1 heteroatoms. The van der Waals surface area contributed by atoms with Gasteiger partial charge in [0.25, 0.3) is 0 Å². The van der Waals surface area contributed by atoms with Gasteiger partial charge in [-0.15, -0.1) is 0 Å². The van der Waals surface area contributed by atoms with Crippen molar-refractivity contribution in [2.24, 2.45) is 0 Å². The molecule has 0 aliphatic carbocycles. The molecule has 2 N–H and O–H groups in total. The van der Waals surface area contributed by atoms with E-state index in [2.05, 4.69) is 45.0 Å². The van der Waals surface area contributed by atoms with Crippen LogP contribution in [0, 0.1) is 0 Å². The first-order valence-electron chi connectivity index (χ1n) is 5.28. The average molecular weight is 199 g/mol. The molecule has 15 heavy (non-hydrogen) atoms. The average Bonchev–Trinajstić information content (AvgIpc) is 2.16. The number of hydrogen-bond acceptors (Lipinski definition) is 1. The van der Waals surface area contributed by atoms with E-state index in [1.165, 1.54) is 10.9 Å². The molecule has 0 atom stereocenters. The van der Waals surface area contributed by atoms with Crippen molar-refractivity contribution < 1.29 is 0 Å². The second-order valence-corrected chi connectivity index (χ2v) is 5.00. The molecule has 0 radical (unpaired) electrons. The molecule has 2 rings (SSSR count). The van der Waals surface area contributed by atoms with Crippen LogP contribution in [-0.2, 0) is 5.41 Å². The van der Waals surface area contributed by atoms with E-state index in [4.69, 9.17) is 5.73 Å². The summed E-state index contributed by atoms with van der Waals surface area (Å²) in [5.41, 5.74) is 8.34. The number of fused-ring (bicyclic) bond motifs is 1. The van der Waals surface area contributed by atoms with Crippen LogP contribution >= 0.6 is 0 Å². The minimum atomic E-state index is 0.160. The Labute approximate surface area is 90.9 Å². The highest BCUT2D eigenvalue weighted by molar-refractivity contribution is 5.95. The highest BCUT2D eigenvalue weighted by atomic mass is 14.5. The third kappa shape index (κ3) is 1.70. The van der Waals surface area contributed by atoms with Crippen molar-refractivity contribution in [3.63, 3.8) is 0 Å². The van der Waals surface area contributed by atoms with Gasteiger partial charge in [-0.2, -0.15) is 0 Å². The highest BCUT2D eigenvalue weighted by Crippen LogP contribution is 2.31. The summed E-state index contributed by atoms with van der Waals surface area (Å²) < 4.78 is 0. The fourth-order valence-corrected chi connectivity index (χ4v) is 1.99. The molecule has 0 spiro atoms. The van der Waals surface area contributed by atoms with Crippen LogP contribution in [0.3, 0.4) is 0 Å². The summed E-state index contributed by atoms with van der Waals surface area (Å²) in [5.74, 6) is 0. The number of rotatable bonds is 0. The van der Waals surface area contributed by atoms with Gasteiger partial charge in [0, 0.05) is 11.1 Å². The van der Waals surface area contributed by atoms with Crippen LogP contribution in [0.15, 0.2) is 36.4 Å². The number of anilines is 1. The van der Waals surface area contributed by atoms with E-state index in [9.17, 15) is 0 Å². The maximum atomic E-state index is 5.97. The van der Waals surface area contributed by atoms with Crippen molar-refractivity contribution in [2.45, 2.75) is 26.2 Å². The maximum absolute atomic E-state index is 5.97. The van der Waals surface area contributed by atoms with Crippen LogP contribution in [0.1, 0.15) is 26.3 Å². The molecule has 0 saturated heterocycles. The summed E-state index contributed by atoms with van der Waals surface area (Å²) in [4.78, 5) is 0. The van der Waals surface area contributed by atoms with Gasteiger partial charge in [-0.05, 0) is 22.4 Å². The molecule has 2 aromatic rings. The monoisotopic (exact) mass is 199 g/mol. The Balaban J connectivity index is 2.83. The van der Waals surface area contributed by atoms with Gasteiger partial charge in [0.05, 0.1) is 0 Å². The van der Waals surface area contributed by atoms with E-state index < -0.39 is 0 Å². The zero-order valence-corrected chi connectivity index (χ0v) is 9.54. The predicted molar refractivity (Wildman–Crippen MR) is 67.1 cm³/mol. The highest BCUT2D eigenvalue weighted by Gasteiger charge is 2.16. The zero-order valence-electron chi connectivity index (χ0n) is 9.54. The van der Waals surface area contributed by atoms with Crippen LogP contribution in [0.25, 0.3) is 10.8 Å². The van der Waals surface area contributed by atoms with Gasteiger partial charge in [0.15, 0.2) is 0 Å². The van der Waals surface area contributed by atoms with Gasteiger partial charge >= 0.3 is 0 Å². The van der Waals surface area contributed by atoms with Gasteiger partial charge < -0.3 is 5.73 Å². The van der Waals surface area contributed by atoms with Crippen molar-refractivity contribution in [3.05, 3.63) is 42.0 Å². The molecule has 0 aromatic heterocycles. The Bertz CT molecular complexity index is 492. The fraction of sp³-hybridized carbons (Fsp3) is 0.286. The summed E-state index contributed by atoms with van der Waals surface area (Å²) >= 11 is 0. The molecule has 0 aliphatic rings. The van der Waals surface area contributed by atoms with Gasteiger partial charge in [0.1, 0.15) is 0 Å². The van der Waals surface area contributed by atoms with Crippen LogP contribution < -0.4 is 5.73 Å². The Morgan fingerprint density at radius 2 is 1.47 bits per heavy atom. The van der Waals surface area contributed by atoms with Crippen LogP contribution in [0.4, 0.5) is 5.69 Å². The first kappa shape index (κ1) is 10.0. The van der Waals surface area contributed by atoms with Crippen molar-refractivity contribution in [2.75, 3.05) is 5.73 Å². The lowest BCUT2D eigenvalue weighted by molar-refractivity contribution is 0.596. The standard InChI is InChI=1S/C14H17N/c1-14(2,3)12-8-4-7-11-10(12)6-5-9-13(11)15/h4-9H,15H2,1-3H3. The van der Waals surface area contributed by atoms with Gasteiger partial charge in [-0.25, -0.2) is 0 Å². The van der Waals surface area contributed by atoms with Gasteiger partial charge in [-0.1, -0.05) is 51.1 Å². The maximum Gasteiger partial charge on any atom is 0.0393 e. The molecule has 2 aromatic carbocycles. The van der Waals surface area contributed by atoms with Crippen molar-refractivity contribution in [1.29, 1.82) is 0 Å². The van der Waals surface area contributed by atoms with Crippen molar-refractivity contribution >= 4 is 16.5 Å². The molecule has 0 aliphatic heterocycles. The topological polar surface area (TPSA) is 26.0 Å². The summed E-state index contributed by atoms with van der Waals surface area (Å²) in [5, 5.41) is 2.43. The summed E-state index contributed by atoms with van der Waals surface area (Å²) in [7, 11) is 0. The van der Waals surface area contributed by atoms with Crippen LogP contribution in [-0.4, -0.2) is 0 Å². The third-order valence-electron chi connectivity index (χ3n) is 2.76. The molecule has 0 saturated carbocycles. The molecular formula is C14H17N. The van der Waals surface area contributed by atoms with E-state index in [1.54, 1.807) is 0 Å². The second-order valence-electron chi connectivity index (χ2n) is 5.00. The fourth-order valence-electron chi connectivity index (χ4n) is 1.99. The van der Waals surface area contributed by atoms with Gasteiger partial charge in [-0.3, -0.25) is 0 Å². The van der Waals surface area contributed by atoms with Crippen molar-refractivity contribution in [1.82, 2.24) is 0 Å². The van der Waals surface area contributed by atoms with Crippen LogP contribution in [0.5, 0.6) is 0 Å². The SMILES string of the molecule is CC(C)(C)c1cccc2c(N)cccc12. The quantitative estimate of drug-likeness (QED) is 0.643. The van der Waals surface area contributed by atoms with E-state index >= 15 is 0 Å². The lowest BCUT2D eigenvalue weighted by Gasteiger charge is -2.21. The molecule has 0 bridgehead atoms. The number of hydrogen-bond donors (Lipinski definition) is 1. The Morgan fingerprint density at radius 1 is 0.867 bits per heavy atom. The lowest BCUT2D eigenvalue weighted by Crippen LogP contribution is -2.11. The molecular weight excluding hydrogens is 182 g/mol.